The SMILES string of the molecule is CCOC(=O)N1CCN(CC(=O)N2N=C(c3ccc(OC)c(OC)c3)CC2c2cc(C)ccc2C)CC1. The first-order valence-corrected chi connectivity index (χ1v) is 12.7. The summed E-state index contributed by atoms with van der Waals surface area (Å²) in [5, 5.41) is 6.49. The van der Waals surface area contributed by atoms with E-state index in [1.54, 1.807) is 31.1 Å². The average molecular weight is 509 g/mol. The van der Waals surface area contributed by atoms with E-state index < -0.39 is 0 Å². The highest BCUT2D eigenvalue weighted by molar-refractivity contribution is 6.03. The molecule has 2 aromatic rings. The molecular weight excluding hydrogens is 472 g/mol. The van der Waals surface area contributed by atoms with Crippen LogP contribution >= 0.6 is 0 Å². The standard InChI is InChI=1S/C28H36N4O5/c1-6-37-28(34)31-13-11-30(12-14-31)18-27(33)32-24(22-15-19(2)7-8-20(22)3)17-23(29-32)21-9-10-25(35-4)26(16-21)36-5/h7-10,15-16,24H,6,11-14,17-18H2,1-5H3. The van der Waals surface area contributed by atoms with Gasteiger partial charge >= 0.3 is 6.09 Å². The van der Waals surface area contributed by atoms with Crippen molar-refractivity contribution in [2.45, 2.75) is 33.2 Å². The summed E-state index contributed by atoms with van der Waals surface area (Å²) < 4.78 is 16.0. The maximum absolute atomic E-state index is 13.6. The van der Waals surface area contributed by atoms with Crippen LogP contribution in [0.2, 0.25) is 0 Å². The molecule has 9 heteroatoms. The molecule has 0 N–H and O–H groups in total. The number of hydrazone groups is 1. The lowest BCUT2D eigenvalue weighted by atomic mass is 9.93. The van der Waals surface area contributed by atoms with Gasteiger partial charge in [-0.2, -0.15) is 5.10 Å². The maximum atomic E-state index is 13.6. The molecule has 1 unspecified atom stereocenters. The molecule has 2 amide bonds. The molecule has 0 aliphatic carbocycles. The number of carbonyl (C=O) groups is 2. The normalized spacial score (nSPS) is 18.0. The van der Waals surface area contributed by atoms with Crippen LogP contribution in [0.4, 0.5) is 4.79 Å². The predicted molar refractivity (Wildman–Crippen MR) is 141 cm³/mol. The van der Waals surface area contributed by atoms with E-state index in [1.807, 2.05) is 18.2 Å². The minimum absolute atomic E-state index is 0.0639. The number of piperazine rings is 1. The van der Waals surface area contributed by atoms with Gasteiger partial charge in [-0.25, -0.2) is 9.80 Å². The number of hydrogen-bond acceptors (Lipinski definition) is 7. The Bertz CT molecular complexity index is 1170. The molecular formula is C28H36N4O5. The summed E-state index contributed by atoms with van der Waals surface area (Å²) in [5.74, 6) is 1.20. The number of carbonyl (C=O) groups excluding carboxylic acids is 2. The van der Waals surface area contributed by atoms with Crippen LogP contribution in [0.5, 0.6) is 11.5 Å². The molecule has 37 heavy (non-hydrogen) atoms. The number of benzene rings is 2. The fraction of sp³-hybridized carbons (Fsp3) is 0.464. The van der Waals surface area contributed by atoms with Crippen molar-refractivity contribution in [3.63, 3.8) is 0 Å². The van der Waals surface area contributed by atoms with E-state index in [0.717, 1.165) is 28.0 Å². The number of amides is 2. The number of ether oxygens (including phenoxy) is 3. The Balaban J connectivity index is 1.56. The zero-order valence-electron chi connectivity index (χ0n) is 22.3. The first-order chi connectivity index (χ1) is 17.8. The molecule has 0 spiro atoms. The predicted octanol–water partition coefficient (Wildman–Crippen LogP) is 3.77. The lowest BCUT2D eigenvalue weighted by Gasteiger charge is -2.34. The fourth-order valence-corrected chi connectivity index (χ4v) is 4.86. The number of methoxy groups -OCH3 is 2. The van der Waals surface area contributed by atoms with E-state index in [1.165, 1.54) is 0 Å². The molecule has 0 bridgehead atoms. The van der Waals surface area contributed by atoms with Gasteiger partial charge < -0.3 is 19.1 Å². The van der Waals surface area contributed by atoms with Crippen LogP contribution in [0.15, 0.2) is 41.5 Å². The van der Waals surface area contributed by atoms with Crippen molar-refractivity contribution in [3.05, 3.63) is 58.7 Å². The number of nitrogens with zero attached hydrogens (tertiary/aromatic N) is 4. The van der Waals surface area contributed by atoms with Crippen molar-refractivity contribution in [2.75, 3.05) is 53.6 Å². The second kappa shape index (κ2) is 11.6. The molecule has 1 saturated heterocycles. The molecule has 2 heterocycles. The summed E-state index contributed by atoms with van der Waals surface area (Å²) >= 11 is 0. The van der Waals surface area contributed by atoms with Crippen LogP contribution in [-0.2, 0) is 9.53 Å². The van der Waals surface area contributed by atoms with Crippen molar-refractivity contribution in [1.82, 2.24) is 14.8 Å². The van der Waals surface area contributed by atoms with Gasteiger partial charge in [0.05, 0.1) is 39.1 Å². The number of rotatable bonds is 7. The van der Waals surface area contributed by atoms with Crippen molar-refractivity contribution in [1.29, 1.82) is 0 Å². The van der Waals surface area contributed by atoms with E-state index >= 15 is 0 Å². The van der Waals surface area contributed by atoms with Crippen molar-refractivity contribution in [2.24, 2.45) is 5.10 Å². The summed E-state index contributed by atoms with van der Waals surface area (Å²) in [6.07, 6.45) is 0.300. The van der Waals surface area contributed by atoms with E-state index in [4.69, 9.17) is 19.3 Å². The van der Waals surface area contributed by atoms with Crippen LogP contribution in [0.3, 0.4) is 0 Å². The molecule has 2 aliphatic heterocycles. The van der Waals surface area contributed by atoms with E-state index in [2.05, 4.69) is 36.9 Å². The van der Waals surface area contributed by atoms with Crippen LogP contribution < -0.4 is 9.47 Å². The quantitative estimate of drug-likeness (QED) is 0.566. The van der Waals surface area contributed by atoms with Gasteiger partial charge in [-0.15, -0.1) is 0 Å². The summed E-state index contributed by atoms with van der Waals surface area (Å²) in [7, 11) is 3.21. The summed E-state index contributed by atoms with van der Waals surface area (Å²) in [6, 6.07) is 11.8. The first-order valence-electron chi connectivity index (χ1n) is 12.7. The highest BCUT2D eigenvalue weighted by Crippen LogP contribution is 2.37. The molecule has 0 saturated carbocycles. The zero-order valence-corrected chi connectivity index (χ0v) is 22.3. The Morgan fingerprint density at radius 3 is 2.38 bits per heavy atom. The second-order valence-corrected chi connectivity index (χ2v) is 9.40. The van der Waals surface area contributed by atoms with E-state index in [-0.39, 0.29) is 24.6 Å². The molecule has 9 nitrogen and oxygen atoms in total. The minimum atomic E-state index is -0.299. The molecule has 0 radical (unpaired) electrons. The lowest BCUT2D eigenvalue weighted by molar-refractivity contribution is -0.134. The maximum Gasteiger partial charge on any atom is 0.409 e. The van der Waals surface area contributed by atoms with Gasteiger partial charge in [0.15, 0.2) is 11.5 Å². The van der Waals surface area contributed by atoms with Crippen LogP contribution in [-0.4, -0.2) is 86.1 Å². The molecule has 0 aromatic heterocycles. The molecule has 2 aromatic carbocycles. The summed E-state index contributed by atoms with van der Waals surface area (Å²) in [4.78, 5) is 29.4. The van der Waals surface area contributed by atoms with Gasteiger partial charge in [0.1, 0.15) is 0 Å². The average Bonchev–Trinajstić information content (AvgIpc) is 3.35. The third-order valence-electron chi connectivity index (χ3n) is 6.93. The highest BCUT2D eigenvalue weighted by Gasteiger charge is 2.35. The highest BCUT2D eigenvalue weighted by atomic mass is 16.6. The molecule has 1 fully saturated rings. The Kier molecular flexibility index (Phi) is 8.33. The van der Waals surface area contributed by atoms with Crippen molar-refractivity contribution >= 4 is 17.7 Å². The molecule has 4 rings (SSSR count). The Labute approximate surface area is 218 Å². The largest absolute Gasteiger partial charge is 0.493 e. The number of hydrogen-bond donors (Lipinski definition) is 0. The van der Waals surface area contributed by atoms with Crippen LogP contribution in [0, 0.1) is 13.8 Å². The van der Waals surface area contributed by atoms with Crippen LogP contribution in [0.1, 0.15) is 41.6 Å². The third-order valence-corrected chi connectivity index (χ3v) is 6.93. The second-order valence-electron chi connectivity index (χ2n) is 9.40. The monoisotopic (exact) mass is 508 g/mol. The van der Waals surface area contributed by atoms with Gasteiger partial charge in [0.2, 0.25) is 0 Å². The third kappa shape index (κ3) is 5.88. The summed E-state index contributed by atoms with van der Waals surface area (Å²) in [6.45, 7) is 8.81. The van der Waals surface area contributed by atoms with Gasteiger partial charge in [-0.05, 0) is 50.1 Å². The van der Waals surface area contributed by atoms with Crippen molar-refractivity contribution < 1.29 is 23.8 Å². The smallest absolute Gasteiger partial charge is 0.409 e. The Morgan fingerprint density at radius 1 is 0.973 bits per heavy atom. The molecule has 198 valence electrons. The first kappa shape index (κ1) is 26.5. The topological polar surface area (TPSA) is 83.9 Å². The molecule has 1 atom stereocenters. The fourth-order valence-electron chi connectivity index (χ4n) is 4.86. The van der Waals surface area contributed by atoms with Gasteiger partial charge in [-0.3, -0.25) is 9.69 Å². The van der Waals surface area contributed by atoms with Crippen molar-refractivity contribution in [3.8, 4) is 11.5 Å². The zero-order chi connectivity index (χ0) is 26.5. The lowest BCUT2D eigenvalue weighted by Crippen LogP contribution is -2.51. The van der Waals surface area contributed by atoms with Crippen LogP contribution in [0.25, 0.3) is 0 Å². The van der Waals surface area contributed by atoms with E-state index in [9.17, 15) is 9.59 Å². The van der Waals surface area contributed by atoms with Gasteiger partial charge in [0, 0.05) is 38.2 Å². The Hall–Kier alpha value is -3.59. The number of aryl methyl sites for hydroxylation is 2. The van der Waals surface area contributed by atoms with E-state index in [0.29, 0.717) is 50.7 Å². The minimum Gasteiger partial charge on any atom is -0.493 e. The van der Waals surface area contributed by atoms with Gasteiger partial charge in [0.25, 0.3) is 5.91 Å². The Morgan fingerprint density at radius 2 is 1.70 bits per heavy atom. The summed E-state index contributed by atoms with van der Waals surface area (Å²) in [5.41, 5.74) is 5.08. The van der Waals surface area contributed by atoms with Gasteiger partial charge in [-0.1, -0.05) is 23.8 Å². The molecule has 2 aliphatic rings.